The highest BCUT2D eigenvalue weighted by Crippen LogP contribution is 2.22. The number of ketones is 1. The van der Waals surface area contributed by atoms with Gasteiger partial charge in [0.1, 0.15) is 11.8 Å². The number of rotatable bonds is 7. The summed E-state index contributed by atoms with van der Waals surface area (Å²) in [5, 5.41) is 16.8. The van der Waals surface area contributed by atoms with Crippen molar-refractivity contribution in [3.63, 3.8) is 0 Å². The highest BCUT2D eigenvalue weighted by atomic mass is 32.1. The summed E-state index contributed by atoms with van der Waals surface area (Å²) in [7, 11) is 1.52. The number of nitriles is 1. The molecule has 0 bridgehead atoms. The van der Waals surface area contributed by atoms with Gasteiger partial charge in [0.05, 0.1) is 11.4 Å². The molecular weight excluding hydrogens is 418 g/mol. The van der Waals surface area contributed by atoms with Crippen LogP contribution in [0.1, 0.15) is 35.2 Å². The number of hydrogen-bond donors (Lipinski definition) is 2. The van der Waals surface area contributed by atoms with Gasteiger partial charge in [0, 0.05) is 51.6 Å². The van der Waals surface area contributed by atoms with Crippen molar-refractivity contribution >= 4 is 39.8 Å². The molecule has 2 amide bonds. The van der Waals surface area contributed by atoms with E-state index in [4.69, 9.17) is 0 Å². The third-order valence-corrected chi connectivity index (χ3v) is 5.69. The smallest absolute Gasteiger partial charge is 0.293 e. The topological polar surface area (TPSA) is 131 Å². The summed E-state index contributed by atoms with van der Waals surface area (Å²) in [6.45, 7) is 5.19. The van der Waals surface area contributed by atoms with Gasteiger partial charge in [0.25, 0.3) is 11.8 Å². The van der Waals surface area contributed by atoms with Crippen LogP contribution >= 0.6 is 11.3 Å². The van der Waals surface area contributed by atoms with Gasteiger partial charge in [-0.05, 0) is 12.1 Å². The number of Topliss-reactive ketones (excluding diaryl/α,β-unsaturated/α-hetero) is 1. The highest BCUT2D eigenvalue weighted by molar-refractivity contribution is 7.14. The van der Waals surface area contributed by atoms with Crippen LogP contribution in [0.2, 0.25) is 0 Å². The van der Waals surface area contributed by atoms with E-state index < -0.39 is 11.7 Å². The summed E-state index contributed by atoms with van der Waals surface area (Å²) in [5.41, 5.74) is 1.99. The number of nitrogens with one attached hydrogen (secondary N) is 2. The molecule has 0 atom stereocenters. The molecule has 0 saturated carbocycles. The number of pyridine rings is 1. The van der Waals surface area contributed by atoms with Crippen LogP contribution in [-0.4, -0.2) is 65.7 Å². The second-order valence-electron chi connectivity index (χ2n) is 6.89. The molecule has 1 aliphatic rings. The molecule has 1 aliphatic heterocycles. The molecule has 2 aromatic heterocycles. The quantitative estimate of drug-likeness (QED) is 0.609. The van der Waals surface area contributed by atoms with E-state index in [0.717, 1.165) is 18.8 Å². The van der Waals surface area contributed by atoms with E-state index in [-0.39, 0.29) is 23.7 Å². The van der Waals surface area contributed by atoms with Crippen LogP contribution in [0, 0.1) is 11.3 Å². The Kier molecular flexibility index (Phi) is 7.28. The highest BCUT2D eigenvalue weighted by Gasteiger charge is 2.22. The summed E-state index contributed by atoms with van der Waals surface area (Å²) in [4.78, 5) is 47.7. The van der Waals surface area contributed by atoms with Gasteiger partial charge in [0.15, 0.2) is 10.8 Å². The van der Waals surface area contributed by atoms with Gasteiger partial charge in [-0.25, -0.2) is 9.97 Å². The van der Waals surface area contributed by atoms with Crippen LogP contribution in [0.3, 0.4) is 0 Å². The molecule has 0 unspecified atom stereocenters. The molecule has 162 valence electrons. The second kappa shape index (κ2) is 10.1. The Balaban J connectivity index is 1.57. The molecule has 1 fully saturated rings. The van der Waals surface area contributed by atoms with Crippen molar-refractivity contribution in [2.24, 2.45) is 0 Å². The van der Waals surface area contributed by atoms with Crippen LogP contribution in [0.25, 0.3) is 0 Å². The molecule has 0 spiro atoms. The van der Waals surface area contributed by atoms with Crippen LogP contribution in [0.4, 0.5) is 10.8 Å². The fourth-order valence-electron chi connectivity index (χ4n) is 3.18. The Hall–Kier alpha value is -3.36. The van der Waals surface area contributed by atoms with E-state index in [1.807, 2.05) is 5.38 Å². The van der Waals surface area contributed by atoms with E-state index in [2.05, 4.69) is 36.5 Å². The molecule has 1 saturated heterocycles. The van der Waals surface area contributed by atoms with Crippen molar-refractivity contribution in [2.45, 2.75) is 19.9 Å². The number of carbonyl (C=O) groups is 3. The normalized spacial score (nSPS) is 14.0. The Morgan fingerprint density at radius 1 is 1.19 bits per heavy atom. The maximum absolute atomic E-state index is 11.7. The molecule has 11 heteroatoms. The van der Waals surface area contributed by atoms with E-state index in [1.165, 1.54) is 18.4 Å². The minimum absolute atomic E-state index is 0.159. The lowest BCUT2D eigenvalue weighted by Crippen LogP contribution is -2.46. The molecular formula is C20H23N7O3S. The van der Waals surface area contributed by atoms with Gasteiger partial charge in [0.2, 0.25) is 5.78 Å². The van der Waals surface area contributed by atoms with Gasteiger partial charge in [-0.1, -0.05) is 6.92 Å². The van der Waals surface area contributed by atoms with Crippen molar-refractivity contribution in [2.75, 3.05) is 43.4 Å². The van der Waals surface area contributed by atoms with Crippen LogP contribution < -0.4 is 15.5 Å². The Bertz CT molecular complexity index is 1020. The summed E-state index contributed by atoms with van der Waals surface area (Å²) in [6.07, 6.45) is 0.159. The zero-order valence-corrected chi connectivity index (χ0v) is 18.2. The SMILES string of the molecule is CCC(=O)C(=O)Nc1nc(CN2CCN(c3ccc(C(=O)NC)nc3C#N)CC2)cs1. The van der Waals surface area contributed by atoms with Gasteiger partial charge in [-0.15, -0.1) is 11.3 Å². The molecule has 2 aromatic rings. The lowest BCUT2D eigenvalue weighted by molar-refractivity contribution is -0.134. The van der Waals surface area contributed by atoms with Crippen molar-refractivity contribution in [1.29, 1.82) is 5.26 Å². The average molecular weight is 442 g/mol. The van der Waals surface area contributed by atoms with Crippen molar-refractivity contribution in [3.05, 3.63) is 34.6 Å². The van der Waals surface area contributed by atoms with E-state index in [0.29, 0.717) is 30.5 Å². The summed E-state index contributed by atoms with van der Waals surface area (Å²) in [5.74, 6) is -1.44. The standard InChI is InChI=1S/C20H23N7O3S/c1-3-17(28)19(30)25-20-23-13(12-31-20)11-26-6-8-27(9-7-26)16-5-4-14(18(29)22-2)24-15(16)10-21/h4-5,12H,3,6-9,11H2,1-2H3,(H,22,29)(H,23,25,30). The van der Waals surface area contributed by atoms with Crippen LogP contribution in [-0.2, 0) is 16.1 Å². The zero-order valence-electron chi connectivity index (χ0n) is 17.3. The number of piperazine rings is 1. The number of nitrogens with zero attached hydrogens (tertiary/aromatic N) is 5. The molecule has 0 aliphatic carbocycles. The lowest BCUT2D eigenvalue weighted by Gasteiger charge is -2.35. The fourth-order valence-corrected chi connectivity index (χ4v) is 3.88. The molecule has 31 heavy (non-hydrogen) atoms. The van der Waals surface area contributed by atoms with Crippen molar-refractivity contribution in [1.82, 2.24) is 20.2 Å². The minimum Gasteiger partial charge on any atom is -0.367 e. The van der Waals surface area contributed by atoms with E-state index >= 15 is 0 Å². The van der Waals surface area contributed by atoms with Gasteiger partial charge < -0.3 is 10.2 Å². The minimum atomic E-state index is -0.638. The second-order valence-corrected chi connectivity index (χ2v) is 7.75. The zero-order chi connectivity index (χ0) is 22.4. The number of amides is 2. The molecule has 3 heterocycles. The van der Waals surface area contributed by atoms with Gasteiger partial charge >= 0.3 is 0 Å². The summed E-state index contributed by atoms with van der Waals surface area (Å²) < 4.78 is 0. The monoisotopic (exact) mass is 441 g/mol. The molecule has 3 rings (SSSR count). The van der Waals surface area contributed by atoms with Crippen LogP contribution in [0.15, 0.2) is 17.5 Å². The summed E-state index contributed by atoms with van der Waals surface area (Å²) >= 11 is 1.29. The number of thiazole rings is 1. The maximum atomic E-state index is 11.7. The third kappa shape index (κ3) is 5.42. The predicted octanol–water partition coefficient (Wildman–Crippen LogP) is 1.01. The molecule has 0 radical (unpaired) electrons. The van der Waals surface area contributed by atoms with Crippen molar-refractivity contribution < 1.29 is 14.4 Å². The average Bonchev–Trinajstić information content (AvgIpc) is 3.24. The Labute approximate surface area is 183 Å². The first kappa shape index (κ1) is 22.3. The number of hydrogen-bond acceptors (Lipinski definition) is 9. The fraction of sp³-hybridized carbons (Fsp3) is 0.400. The molecule has 2 N–H and O–H groups in total. The number of anilines is 2. The number of carbonyl (C=O) groups excluding carboxylic acids is 3. The van der Waals surface area contributed by atoms with Crippen molar-refractivity contribution in [3.8, 4) is 6.07 Å². The van der Waals surface area contributed by atoms with Crippen LogP contribution in [0.5, 0.6) is 0 Å². The summed E-state index contributed by atoms with van der Waals surface area (Å²) in [6, 6.07) is 5.46. The third-order valence-electron chi connectivity index (χ3n) is 4.88. The molecule has 0 aromatic carbocycles. The Morgan fingerprint density at radius 2 is 1.94 bits per heavy atom. The first-order valence-electron chi connectivity index (χ1n) is 9.84. The van der Waals surface area contributed by atoms with E-state index in [1.54, 1.807) is 19.1 Å². The Morgan fingerprint density at radius 3 is 2.58 bits per heavy atom. The first-order valence-corrected chi connectivity index (χ1v) is 10.7. The van der Waals surface area contributed by atoms with Gasteiger partial charge in [-0.3, -0.25) is 24.6 Å². The van der Waals surface area contributed by atoms with E-state index in [9.17, 15) is 19.6 Å². The first-order chi connectivity index (χ1) is 14.9. The largest absolute Gasteiger partial charge is 0.367 e. The lowest BCUT2D eigenvalue weighted by atomic mass is 10.2. The number of aromatic nitrogens is 2. The maximum Gasteiger partial charge on any atom is 0.293 e. The predicted molar refractivity (Wildman–Crippen MR) is 116 cm³/mol. The molecule has 10 nitrogen and oxygen atoms in total. The van der Waals surface area contributed by atoms with Gasteiger partial charge in [-0.2, -0.15) is 5.26 Å².